The van der Waals surface area contributed by atoms with Crippen molar-refractivity contribution in [2.75, 3.05) is 6.61 Å². The molecule has 43 heavy (non-hydrogen) atoms. The highest BCUT2D eigenvalue weighted by Crippen LogP contribution is 2.32. The number of hydrogen-bond acceptors (Lipinski definition) is 6. The van der Waals surface area contributed by atoms with Crippen LogP contribution in [-0.4, -0.2) is 43.4 Å². The van der Waals surface area contributed by atoms with Gasteiger partial charge >= 0.3 is 0 Å². The Hall–Kier alpha value is -3.36. The fourth-order valence-electron chi connectivity index (χ4n) is 5.12. The Bertz CT molecular complexity index is 1300. The van der Waals surface area contributed by atoms with Crippen LogP contribution in [-0.2, 0) is 54.8 Å². The zero-order chi connectivity index (χ0) is 29.7. The molecule has 0 bridgehead atoms. The maximum atomic E-state index is 6.71. The van der Waals surface area contributed by atoms with Crippen LogP contribution >= 0.6 is 0 Å². The first-order chi connectivity index (χ1) is 21.2. The first-order valence-corrected chi connectivity index (χ1v) is 15.0. The Morgan fingerprint density at radius 2 is 0.907 bits per heavy atom. The van der Waals surface area contributed by atoms with Gasteiger partial charge in [-0.05, 0) is 36.1 Å². The van der Waals surface area contributed by atoms with Gasteiger partial charge < -0.3 is 28.4 Å². The van der Waals surface area contributed by atoms with E-state index in [1.165, 1.54) is 0 Å². The summed E-state index contributed by atoms with van der Waals surface area (Å²) >= 11 is 0. The Balaban J connectivity index is 1.42. The molecule has 1 aliphatic rings. The van der Waals surface area contributed by atoms with Gasteiger partial charge in [-0.25, -0.2) is 0 Å². The SMILES string of the molecule is CC(C)O[C@@H]1OC(COCc2ccccc2)[C@H](OCc2ccccc2)C(OCc2ccccc2)C1OCc1ccccc1. The second-order valence-electron chi connectivity index (χ2n) is 11.0. The van der Waals surface area contributed by atoms with Crippen LogP contribution in [0.1, 0.15) is 36.1 Å². The summed E-state index contributed by atoms with van der Waals surface area (Å²) in [4.78, 5) is 0. The largest absolute Gasteiger partial charge is 0.374 e. The van der Waals surface area contributed by atoms with Crippen LogP contribution in [0.15, 0.2) is 121 Å². The summed E-state index contributed by atoms with van der Waals surface area (Å²) < 4.78 is 39.2. The zero-order valence-electron chi connectivity index (χ0n) is 25.0. The molecule has 0 spiro atoms. The lowest BCUT2D eigenvalue weighted by atomic mass is 9.97. The van der Waals surface area contributed by atoms with E-state index >= 15 is 0 Å². The van der Waals surface area contributed by atoms with Gasteiger partial charge in [0.15, 0.2) is 6.29 Å². The van der Waals surface area contributed by atoms with Crippen LogP contribution in [0, 0.1) is 0 Å². The summed E-state index contributed by atoms with van der Waals surface area (Å²) in [6.07, 6.45) is -2.73. The van der Waals surface area contributed by atoms with Gasteiger partial charge in [0.2, 0.25) is 0 Å². The highest BCUT2D eigenvalue weighted by molar-refractivity contribution is 5.16. The summed E-state index contributed by atoms with van der Waals surface area (Å²) in [5.74, 6) is 0. The number of hydrogen-bond donors (Lipinski definition) is 0. The average molecular weight is 583 g/mol. The van der Waals surface area contributed by atoms with Crippen molar-refractivity contribution in [2.24, 2.45) is 0 Å². The van der Waals surface area contributed by atoms with Crippen molar-refractivity contribution >= 4 is 0 Å². The van der Waals surface area contributed by atoms with Gasteiger partial charge in [-0.1, -0.05) is 121 Å². The molecule has 1 fully saturated rings. The van der Waals surface area contributed by atoms with Crippen LogP contribution in [0.2, 0.25) is 0 Å². The van der Waals surface area contributed by atoms with E-state index in [0.717, 1.165) is 22.3 Å². The maximum Gasteiger partial charge on any atom is 0.187 e. The highest BCUT2D eigenvalue weighted by atomic mass is 16.7. The summed E-state index contributed by atoms with van der Waals surface area (Å²) in [5, 5.41) is 0. The van der Waals surface area contributed by atoms with E-state index in [0.29, 0.717) is 33.0 Å². The molecule has 5 atom stereocenters. The second-order valence-corrected chi connectivity index (χ2v) is 11.0. The fourth-order valence-corrected chi connectivity index (χ4v) is 5.12. The molecule has 1 heterocycles. The van der Waals surface area contributed by atoms with Crippen LogP contribution in [0.4, 0.5) is 0 Å². The molecule has 4 aromatic rings. The summed E-state index contributed by atoms with van der Waals surface area (Å²) in [7, 11) is 0. The topological polar surface area (TPSA) is 55.4 Å². The minimum absolute atomic E-state index is 0.0877. The molecule has 0 saturated carbocycles. The molecule has 0 N–H and O–H groups in total. The van der Waals surface area contributed by atoms with Crippen LogP contribution < -0.4 is 0 Å². The van der Waals surface area contributed by atoms with E-state index < -0.39 is 30.7 Å². The average Bonchev–Trinajstić information content (AvgIpc) is 3.04. The lowest BCUT2D eigenvalue weighted by molar-refractivity contribution is -0.334. The van der Waals surface area contributed by atoms with E-state index in [2.05, 4.69) is 36.4 Å². The molecule has 6 nitrogen and oxygen atoms in total. The van der Waals surface area contributed by atoms with Crippen LogP contribution in [0.5, 0.6) is 0 Å². The summed E-state index contributed by atoms with van der Waals surface area (Å²) in [5.41, 5.74) is 4.28. The van der Waals surface area contributed by atoms with E-state index in [4.69, 9.17) is 28.4 Å². The number of benzene rings is 4. The fraction of sp³-hybridized carbons (Fsp3) is 0.351. The summed E-state index contributed by atoms with van der Waals surface area (Å²) in [6.45, 7) is 5.95. The molecule has 3 unspecified atom stereocenters. The van der Waals surface area contributed by atoms with Crippen molar-refractivity contribution in [3.05, 3.63) is 144 Å². The molecule has 0 aromatic heterocycles. The Kier molecular flexibility index (Phi) is 11.9. The van der Waals surface area contributed by atoms with Crippen molar-refractivity contribution in [1.82, 2.24) is 0 Å². The summed E-state index contributed by atoms with van der Waals surface area (Å²) in [6, 6.07) is 40.5. The van der Waals surface area contributed by atoms with Crippen molar-refractivity contribution in [1.29, 1.82) is 0 Å². The monoisotopic (exact) mass is 582 g/mol. The van der Waals surface area contributed by atoms with Crippen molar-refractivity contribution in [3.8, 4) is 0 Å². The van der Waals surface area contributed by atoms with Gasteiger partial charge in [0, 0.05) is 0 Å². The van der Waals surface area contributed by atoms with Gasteiger partial charge in [-0.15, -0.1) is 0 Å². The quantitative estimate of drug-likeness (QED) is 0.149. The maximum absolute atomic E-state index is 6.71. The molecule has 4 aromatic carbocycles. The normalized spacial score (nSPS) is 22.1. The van der Waals surface area contributed by atoms with E-state index in [9.17, 15) is 0 Å². The van der Waals surface area contributed by atoms with Gasteiger partial charge in [-0.2, -0.15) is 0 Å². The van der Waals surface area contributed by atoms with Crippen LogP contribution in [0.25, 0.3) is 0 Å². The second kappa shape index (κ2) is 16.5. The van der Waals surface area contributed by atoms with Crippen molar-refractivity contribution in [2.45, 2.75) is 77.1 Å². The van der Waals surface area contributed by atoms with Crippen molar-refractivity contribution in [3.63, 3.8) is 0 Å². The molecule has 6 heteroatoms. The van der Waals surface area contributed by atoms with E-state index in [-0.39, 0.29) is 6.10 Å². The molecule has 1 aliphatic heterocycles. The van der Waals surface area contributed by atoms with Crippen LogP contribution in [0.3, 0.4) is 0 Å². The smallest absolute Gasteiger partial charge is 0.187 e. The number of rotatable bonds is 15. The van der Waals surface area contributed by atoms with E-state index in [1.807, 2.05) is 98.8 Å². The molecule has 5 rings (SSSR count). The minimum Gasteiger partial charge on any atom is -0.374 e. The van der Waals surface area contributed by atoms with Gasteiger partial charge in [0.25, 0.3) is 0 Å². The Morgan fingerprint density at radius 1 is 0.512 bits per heavy atom. The minimum atomic E-state index is -0.675. The first-order valence-electron chi connectivity index (χ1n) is 15.0. The molecular weight excluding hydrogens is 540 g/mol. The first kappa shape index (κ1) is 31.1. The molecule has 0 aliphatic carbocycles. The highest BCUT2D eigenvalue weighted by Gasteiger charge is 2.49. The molecule has 226 valence electrons. The predicted octanol–water partition coefficient (Wildman–Crippen LogP) is 7.11. The molecule has 0 radical (unpaired) electrons. The van der Waals surface area contributed by atoms with Crippen molar-refractivity contribution < 1.29 is 28.4 Å². The predicted molar refractivity (Wildman–Crippen MR) is 166 cm³/mol. The van der Waals surface area contributed by atoms with Gasteiger partial charge in [0.05, 0.1) is 39.1 Å². The van der Waals surface area contributed by atoms with E-state index in [1.54, 1.807) is 0 Å². The molecule has 0 amide bonds. The third-order valence-corrected chi connectivity index (χ3v) is 7.25. The molecule has 1 saturated heterocycles. The number of ether oxygens (including phenoxy) is 6. The third-order valence-electron chi connectivity index (χ3n) is 7.25. The third kappa shape index (κ3) is 9.57. The lowest BCUT2D eigenvalue weighted by Gasteiger charge is -2.46. The standard InChI is InChI=1S/C37H42O6/c1-28(2)42-37-36(41-26-32-21-13-6-14-22-32)35(40-25-31-19-11-5-12-20-31)34(39-24-30-17-9-4-10-18-30)33(43-37)27-38-23-29-15-7-3-8-16-29/h3-22,28,33-37H,23-27H2,1-2H3/t33?,34-,35?,36?,37+/m0/s1. The molecular formula is C37H42O6. The Morgan fingerprint density at radius 3 is 1.35 bits per heavy atom. The lowest BCUT2D eigenvalue weighted by Crippen LogP contribution is -2.62. The zero-order valence-corrected chi connectivity index (χ0v) is 25.0. The Labute approximate surface area is 255 Å². The van der Waals surface area contributed by atoms with Gasteiger partial charge in [0.1, 0.15) is 24.4 Å². The van der Waals surface area contributed by atoms with Gasteiger partial charge in [-0.3, -0.25) is 0 Å².